The molecule has 0 aliphatic heterocycles. The molecule has 0 atom stereocenters. The molecule has 0 radical (unpaired) electrons. The summed E-state index contributed by atoms with van der Waals surface area (Å²) >= 11 is 0. The SMILES string of the molecule is CC(C)(C)OC(=O)CCCCCOCCOCCOCCCCCCOS(C)(=O)=O. The van der Waals surface area contributed by atoms with E-state index in [9.17, 15) is 13.2 Å². The zero-order chi connectivity index (χ0) is 22.7. The van der Waals surface area contributed by atoms with Crippen LogP contribution in [0, 0.1) is 0 Å². The lowest BCUT2D eigenvalue weighted by molar-refractivity contribution is -0.154. The molecular weight excluding hydrogens is 412 g/mol. The van der Waals surface area contributed by atoms with Gasteiger partial charge in [0.2, 0.25) is 0 Å². The molecule has 0 aromatic heterocycles. The first-order valence-corrected chi connectivity index (χ1v) is 12.7. The number of carbonyl (C=O) groups is 1. The van der Waals surface area contributed by atoms with Crippen molar-refractivity contribution in [3.8, 4) is 0 Å². The standard InChI is InChI=1S/C21H42O8S/c1-21(2,3)29-20(22)12-8-7-10-14-26-17-19-27-18-16-25-13-9-5-6-11-15-28-30(4,23)24/h5-19H2,1-4H3. The Labute approximate surface area is 183 Å². The van der Waals surface area contributed by atoms with E-state index in [4.69, 9.17) is 18.9 Å². The fourth-order valence-corrected chi connectivity index (χ4v) is 2.88. The van der Waals surface area contributed by atoms with E-state index in [1.165, 1.54) is 0 Å². The van der Waals surface area contributed by atoms with Gasteiger partial charge in [-0.2, -0.15) is 8.42 Å². The van der Waals surface area contributed by atoms with Crippen LogP contribution in [0.1, 0.15) is 72.1 Å². The van der Waals surface area contributed by atoms with E-state index in [2.05, 4.69) is 4.18 Å². The van der Waals surface area contributed by atoms with E-state index >= 15 is 0 Å². The molecule has 0 N–H and O–H groups in total. The Balaban J connectivity index is 3.17. The number of unbranched alkanes of at least 4 members (excludes halogenated alkanes) is 5. The second-order valence-corrected chi connectivity index (χ2v) is 9.82. The van der Waals surface area contributed by atoms with Gasteiger partial charge in [0.05, 0.1) is 39.3 Å². The van der Waals surface area contributed by atoms with Crippen LogP contribution in [0.5, 0.6) is 0 Å². The molecule has 9 heteroatoms. The highest BCUT2D eigenvalue weighted by Gasteiger charge is 2.15. The highest BCUT2D eigenvalue weighted by atomic mass is 32.2. The predicted molar refractivity (Wildman–Crippen MR) is 116 cm³/mol. The summed E-state index contributed by atoms with van der Waals surface area (Å²) in [6.45, 7) is 9.42. The summed E-state index contributed by atoms with van der Waals surface area (Å²) in [5, 5.41) is 0. The molecule has 8 nitrogen and oxygen atoms in total. The Kier molecular flexibility index (Phi) is 17.5. The maximum Gasteiger partial charge on any atom is 0.306 e. The molecule has 30 heavy (non-hydrogen) atoms. The minimum Gasteiger partial charge on any atom is -0.460 e. The summed E-state index contributed by atoms with van der Waals surface area (Å²) < 4.78 is 47.9. The Morgan fingerprint density at radius 3 is 1.57 bits per heavy atom. The highest BCUT2D eigenvalue weighted by Crippen LogP contribution is 2.10. The second kappa shape index (κ2) is 17.9. The average molecular weight is 455 g/mol. The van der Waals surface area contributed by atoms with E-state index in [1.807, 2.05) is 20.8 Å². The van der Waals surface area contributed by atoms with Gasteiger partial charge in [0, 0.05) is 19.6 Å². The monoisotopic (exact) mass is 454 g/mol. The van der Waals surface area contributed by atoms with Crippen LogP contribution in [-0.4, -0.2) is 72.5 Å². The summed E-state index contributed by atoms with van der Waals surface area (Å²) in [7, 11) is -3.32. The molecule has 0 spiro atoms. The third-order valence-electron chi connectivity index (χ3n) is 3.81. The zero-order valence-corrected chi connectivity index (χ0v) is 20.1. The third-order valence-corrected chi connectivity index (χ3v) is 4.41. The molecule has 0 amide bonds. The molecule has 0 saturated carbocycles. The third kappa shape index (κ3) is 25.3. The summed E-state index contributed by atoms with van der Waals surface area (Å²) in [4.78, 5) is 11.6. The van der Waals surface area contributed by atoms with Crippen LogP contribution in [0.2, 0.25) is 0 Å². The van der Waals surface area contributed by atoms with Crippen LogP contribution in [0.3, 0.4) is 0 Å². The quantitative estimate of drug-likeness (QED) is 0.157. The van der Waals surface area contributed by atoms with Gasteiger partial charge in [-0.25, -0.2) is 0 Å². The van der Waals surface area contributed by atoms with Crippen LogP contribution >= 0.6 is 0 Å². The Bertz CT molecular complexity index is 514. The van der Waals surface area contributed by atoms with Crippen LogP contribution in [0.25, 0.3) is 0 Å². The van der Waals surface area contributed by atoms with Crippen molar-refractivity contribution >= 4 is 16.1 Å². The number of hydrogen-bond acceptors (Lipinski definition) is 8. The summed E-state index contributed by atoms with van der Waals surface area (Å²) in [6.07, 6.45) is 7.79. The molecule has 0 aromatic rings. The van der Waals surface area contributed by atoms with E-state index in [0.717, 1.165) is 51.2 Å². The smallest absolute Gasteiger partial charge is 0.306 e. The first kappa shape index (κ1) is 29.3. The van der Waals surface area contributed by atoms with Crippen molar-refractivity contribution in [2.45, 2.75) is 77.7 Å². The molecule has 0 rings (SSSR count). The topological polar surface area (TPSA) is 97.4 Å². The van der Waals surface area contributed by atoms with Crippen molar-refractivity contribution in [3.05, 3.63) is 0 Å². The molecule has 0 saturated heterocycles. The van der Waals surface area contributed by atoms with Crippen molar-refractivity contribution in [2.24, 2.45) is 0 Å². The molecule has 180 valence electrons. The van der Waals surface area contributed by atoms with Crippen molar-refractivity contribution < 1.29 is 36.3 Å². The number of hydrogen-bond donors (Lipinski definition) is 0. The second-order valence-electron chi connectivity index (χ2n) is 8.17. The predicted octanol–water partition coefficient (Wildman–Crippen LogP) is 3.47. The van der Waals surface area contributed by atoms with Crippen molar-refractivity contribution in [1.82, 2.24) is 0 Å². The first-order chi connectivity index (χ1) is 14.1. The lowest BCUT2D eigenvalue weighted by Gasteiger charge is -2.19. The summed E-state index contributed by atoms with van der Waals surface area (Å²) in [6, 6.07) is 0. The van der Waals surface area contributed by atoms with Gasteiger partial charge in [0.25, 0.3) is 10.1 Å². The van der Waals surface area contributed by atoms with Crippen molar-refractivity contribution in [3.63, 3.8) is 0 Å². The van der Waals surface area contributed by atoms with Crippen LogP contribution in [0.4, 0.5) is 0 Å². The molecule has 0 bridgehead atoms. The maximum absolute atomic E-state index is 11.6. The fourth-order valence-electron chi connectivity index (χ4n) is 2.45. The minimum absolute atomic E-state index is 0.141. The zero-order valence-electron chi connectivity index (χ0n) is 19.3. The van der Waals surface area contributed by atoms with Crippen molar-refractivity contribution in [1.29, 1.82) is 0 Å². The van der Waals surface area contributed by atoms with Gasteiger partial charge in [-0.15, -0.1) is 0 Å². The van der Waals surface area contributed by atoms with E-state index in [1.54, 1.807) is 0 Å². The Morgan fingerprint density at radius 2 is 1.10 bits per heavy atom. The molecule has 0 heterocycles. The minimum atomic E-state index is -3.32. The normalized spacial score (nSPS) is 12.3. The molecule has 0 unspecified atom stereocenters. The average Bonchev–Trinajstić information content (AvgIpc) is 2.61. The number of carbonyl (C=O) groups excluding carboxylic acids is 1. The fraction of sp³-hybridized carbons (Fsp3) is 0.952. The van der Waals surface area contributed by atoms with Crippen LogP contribution in [-0.2, 0) is 38.0 Å². The molecule has 0 aliphatic rings. The van der Waals surface area contributed by atoms with Gasteiger partial charge >= 0.3 is 5.97 Å². The molecule has 0 fully saturated rings. The summed E-state index contributed by atoms with van der Waals surface area (Å²) in [5.41, 5.74) is -0.413. The van der Waals surface area contributed by atoms with Gasteiger partial charge in [0.1, 0.15) is 5.60 Å². The maximum atomic E-state index is 11.6. The first-order valence-electron chi connectivity index (χ1n) is 10.9. The van der Waals surface area contributed by atoms with Crippen molar-refractivity contribution in [2.75, 3.05) is 52.5 Å². The van der Waals surface area contributed by atoms with E-state index in [-0.39, 0.29) is 12.6 Å². The number of ether oxygens (including phenoxy) is 4. The van der Waals surface area contributed by atoms with Gasteiger partial charge in [0.15, 0.2) is 0 Å². The highest BCUT2D eigenvalue weighted by molar-refractivity contribution is 7.85. The lowest BCUT2D eigenvalue weighted by Crippen LogP contribution is -2.23. The Hall–Kier alpha value is -0.740. The number of esters is 1. The largest absolute Gasteiger partial charge is 0.460 e. The van der Waals surface area contributed by atoms with Crippen LogP contribution < -0.4 is 0 Å². The van der Waals surface area contributed by atoms with E-state index in [0.29, 0.717) is 46.1 Å². The Morgan fingerprint density at radius 1 is 0.667 bits per heavy atom. The molecule has 0 aromatic carbocycles. The summed E-state index contributed by atoms with van der Waals surface area (Å²) in [5.74, 6) is -0.141. The van der Waals surface area contributed by atoms with Gasteiger partial charge < -0.3 is 18.9 Å². The van der Waals surface area contributed by atoms with E-state index < -0.39 is 15.7 Å². The molecular formula is C21H42O8S. The molecule has 0 aliphatic carbocycles. The number of rotatable bonds is 20. The van der Waals surface area contributed by atoms with Gasteiger partial charge in [-0.1, -0.05) is 19.3 Å². The van der Waals surface area contributed by atoms with Gasteiger partial charge in [-0.05, 0) is 46.5 Å². The lowest BCUT2D eigenvalue weighted by atomic mass is 10.1. The van der Waals surface area contributed by atoms with Gasteiger partial charge in [-0.3, -0.25) is 8.98 Å². The van der Waals surface area contributed by atoms with Crippen LogP contribution in [0.15, 0.2) is 0 Å².